The first-order valence-corrected chi connectivity index (χ1v) is 4.19. The van der Waals surface area contributed by atoms with Crippen molar-refractivity contribution >= 4 is 12.2 Å². The average Bonchev–Trinajstić information content (AvgIpc) is 2.23. The predicted octanol–water partition coefficient (Wildman–Crippen LogP) is 1.74. The highest BCUT2D eigenvalue weighted by molar-refractivity contribution is 7.71. The van der Waals surface area contributed by atoms with E-state index in [1.54, 1.807) is 0 Å². The zero-order chi connectivity index (χ0) is 9.97. The zero-order valence-electron chi connectivity index (χ0n) is 6.94. The SMILES string of the molecule is Fc1c(-c2cnccn2)[nH]cnc1=S. The number of aromatic amines is 1. The number of halogens is 1. The van der Waals surface area contributed by atoms with Gasteiger partial charge in [-0.15, -0.1) is 0 Å². The molecule has 0 amide bonds. The van der Waals surface area contributed by atoms with Gasteiger partial charge in [-0.3, -0.25) is 9.97 Å². The Balaban J connectivity index is 2.64. The monoisotopic (exact) mass is 208 g/mol. The van der Waals surface area contributed by atoms with E-state index in [-0.39, 0.29) is 10.3 Å². The second-order valence-corrected chi connectivity index (χ2v) is 2.87. The highest BCUT2D eigenvalue weighted by atomic mass is 32.1. The smallest absolute Gasteiger partial charge is 0.185 e. The van der Waals surface area contributed by atoms with Crippen molar-refractivity contribution in [2.24, 2.45) is 0 Å². The molecule has 1 N–H and O–H groups in total. The lowest BCUT2D eigenvalue weighted by Crippen LogP contribution is -1.94. The Labute approximate surface area is 83.9 Å². The summed E-state index contributed by atoms with van der Waals surface area (Å²) in [6, 6.07) is 0. The molecule has 0 aliphatic rings. The van der Waals surface area contributed by atoms with Crippen LogP contribution in [0.3, 0.4) is 0 Å². The Morgan fingerprint density at radius 2 is 2.14 bits per heavy atom. The number of H-pyrrole nitrogens is 1. The van der Waals surface area contributed by atoms with Crippen molar-refractivity contribution in [3.05, 3.63) is 35.4 Å². The number of nitrogens with zero attached hydrogens (tertiary/aromatic N) is 3. The number of rotatable bonds is 1. The van der Waals surface area contributed by atoms with E-state index in [2.05, 4.69) is 32.2 Å². The molecule has 0 atom stereocenters. The summed E-state index contributed by atoms with van der Waals surface area (Å²) >= 11 is 4.69. The molecule has 0 radical (unpaired) electrons. The van der Waals surface area contributed by atoms with Crippen LogP contribution in [0.5, 0.6) is 0 Å². The Bertz CT molecular complexity index is 496. The van der Waals surface area contributed by atoms with Crippen molar-refractivity contribution in [1.29, 1.82) is 0 Å². The fourth-order valence-electron chi connectivity index (χ4n) is 0.997. The molecule has 0 saturated heterocycles. The predicted molar refractivity (Wildman–Crippen MR) is 50.4 cm³/mol. The molecule has 0 unspecified atom stereocenters. The highest BCUT2D eigenvalue weighted by Crippen LogP contribution is 2.15. The largest absolute Gasteiger partial charge is 0.342 e. The highest BCUT2D eigenvalue weighted by Gasteiger charge is 2.07. The van der Waals surface area contributed by atoms with E-state index in [0.717, 1.165) is 0 Å². The van der Waals surface area contributed by atoms with Gasteiger partial charge in [0.15, 0.2) is 10.5 Å². The minimum atomic E-state index is -0.581. The molecule has 2 aromatic rings. The quantitative estimate of drug-likeness (QED) is 0.725. The lowest BCUT2D eigenvalue weighted by Gasteiger charge is -2.00. The van der Waals surface area contributed by atoms with Gasteiger partial charge in [0.25, 0.3) is 0 Å². The molecule has 0 aliphatic heterocycles. The van der Waals surface area contributed by atoms with Crippen molar-refractivity contribution in [2.45, 2.75) is 0 Å². The van der Waals surface area contributed by atoms with Crippen molar-refractivity contribution in [3.8, 4) is 11.4 Å². The van der Waals surface area contributed by atoms with Gasteiger partial charge < -0.3 is 4.98 Å². The summed E-state index contributed by atoms with van der Waals surface area (Å²) in [5.74, 6) is -0.581. The van der Waals surface area contributed by atoms with E-state index in [9.17, 15) is 4.39 Å². The molecule has 2 heterocycles. The van der Waals surface area contributed by atoms with Gasteiger partial charge in [-0.25, -0.2) is 9.37 Å². The van der Waals surface area contributed by atoms with Gasteiger partial charge in [0.05, 0.1) is 12.5 Å². The van der Waals surface area contributed by atoms with Crippen molar-refractivity contribution < 1.29 is 4.39 Å². The normalized spacial score (nSPS) is 10.1. The number of aromatic nitrogens is 4. The Hall–Kier alpha value is -1.69. The van der Waals surface area contributed by atoms with E-state index in [0.29, 0.717) is 5.69 Å². The van der Waals surface area contributed by atoms with E-state index >= 15 is 0 Å². The Morgan fingerprint density at radius 1 is 1.29 bits per heavy atom. The molecule has 14 heavy (non-hydrogen) atoms. The van der Waals surface area contributed by atoms with Crippen LogP contribution in [0.15, 0.2) is 24.9 Å². The second kappa shape index (κ2) is 3.59. The molecule has 0 fully saturated rings. The van der Waals surface area contributed by atoms with Crippen LogP contribution in [-0.4, -0.2) is 19.9 Å². The van der Waals surface area contributed by atoms with Crippen LogP contribution in [0, 0.1) is 10.5 Å². The molecule has 0 spiro atoms. The van der Waals surface area contributed by atoms with Crippen LogP contribution in [0.2, 0.25) is 0 Å². The van der Waals surface area contributed by atoms with Gasteiger partial charge >= 0.3 is 0 Å². The standard InChI is InChI=1S/C8H5FN4S/c9-6-7(12-4-13-8(6)14)5-3-10-1-2-11-5/h1-4H,(H,12,13,14). The molecule has 70 valence electrons. The summed E-state index contributed by atoms with van der Waals surface area (Å²) in [4.78, 5) is 14.0. The number of hydrogen-bond donors (Lipinski definition) is 1. The molecular weight excluding hydrogens is 203 g/mol. The molecule has 0 aliphatic carbocycles. The molecule has 4 nitrogen and oxygen atoms in total. The molecule has 0 bridgehead atoms. The minimum Gasteiger partial charge on any atom is -0.342 e. The van der Waals surface area contributed by atoms with E-state index in [1.165, 1.54) is 24.9 Å². The van der Waals surface area contributed by atoms with Crippen LogP contribution in [-0.2, 0) is 0 Å². The molecular formula is C8H5FN4S. The summed E-state index contributed by atoms with van der Waals surface area (Å²) in [5.41, 5.74) is 0.608. The van der Waals surface area contributed by atoms with E-state index < -0.39 is 5.82 Å². The van der Waals surface area contributed by atoms with Gasteiger partial charge in [0.1, 0.15) is 11.4 Å². The van der Waals surface area contributed by atoms with Crippen molar-refractivity contribution in [1.82, 2.24) is 19.9 Å². The average molecular weight is 208 g/mol. The Kier molecular flexibility index (Phi) is 2.28. The lowest BCUT2D eigenvalue weighted by molar-refractivity contribution is 0.612. The summed E-state index contributed by atoms with van der Waals surface area (Å²) in [7, 11) is 0. The minimum absolute atomic E-state index is 0.0793. The third-order valence-electron chi connectivity index (χ3n) is 1.62. The molecule has 6 heteroatoms. The first-order valence-electron chi connectivity index (χ1n) is 3.78. The van der Waals surface area contributed by atoms with Crippen LogP contribution in [0.1, 0.15) is 0 Å². The van der Waals surface area contributed by atoms with Gasteiger partial charge in [0, 0.05) is 12.4 Å². The summed E-state index contributed by atoms with van der Waals surface area (Å²) < 4.78 is 13.3. The summed E-state index contributed by atoms with van der Waals surface area (Å²) in [5, 5.41) is 0. The fourth-order valence-corrected chi connectivity index (χ4v) is 1.15. The van der Waals surface area contributed by atoms with Crippen molar-refractivity contribution in [3.63, 3.8) is 0 Å². The zero-order valence-corrected chi connectivity index (χ0v) is 7.75. The summed E-state index contributed by atoms with van der Waals surface area (Å²) in [6.45, 7) is 0. The third kappa shape index (κ3) is 1.51. The molecule has 0 saturated carbocycles. The molecule has 2 aromatic heterocycles. The van der Waals surface area contributed by atoms with Crippen LogP contribution in [0.4, 0.5) is 4.39 Å². The topological polar surface area (TPSA) is 54.5 Å². The van der Waals surface area contributed by atoms with Gasteiger partial charge in [-0.2, -0.15) is 0 Å². The maximum absolute atomic E-state index is 13.4. The van der Waals surface area contributed by atoms with Gasteiger partial charge in [-0.1, -0.05) is 12.2 Å². The van der Waals surface area contributed by atoms with Gasteiger partial charge in [-0.05, 0) is 0 Å². The number of nitrogens with one attached hydrogen (secondary N) is 1. The van der Waals surface area contributed by atoms with Crippen molar-refractivity contribution in [2.75, 3.05) is 0 Å². The molecule has 0 aromatic carbocycles. The second-order valence-electron chi connectivity index (χ2n) is 2.49. The fraction of sp³-hybridized carbons (Fsp3) is 0. The van der Waals surface area contributed by atoms with Crippen LogP contribution >= 0.6 is 12.2 Å². The summed E-state index contributed by atoms with van der Waals surface area (Å²) in [6.07, 6.45) is 5.77. The van der Waals surface area contributed by atoms with E-state index in [1.807, 2.05) is 0 Å². The van der Waals surface area contributed by atoms with Gasteiger partial charge in [0.2, 0.25) is 0 Å². The third-order valence-corrected chi connectivity index (χ3v) is 1.90. The van der Waals surface area contributed by atoms with E-state index in [4.69, 9.17) is 0 Å². The van der Waals surface area contributed by atoms with Crippen LogP contribution in [0.25, 0.3) is 11.4 Å². The van der Waals surface area contributed by atoms with Crippen LogP contribution < -0.4 is 0 Å². The lowest BCUT2D eigenvalue weighted by atomic mass is 10.3. The molecule has 2 rings (SSSR count). The number of hydrogen-bond acceptors (Lipinski definition) is 4. The Morgan fingerprint density at radius 3 is 2.86 bits per heavy atom. The first kappa shape index (κ1) is 8.89. The maximum Gasteiger partial charge on any atom is 0.185 e. The maximum atomic E-state index is 13.4. The first-order chi connectivity index (χ1) is 6.79.